The third-order valence-corrected chi connectivity index (χ3v) is 12.1. The Morgan fingerprint density at radius 3 is 1.85 bits per heavy atom. The molecule has 0 saturated carbocycles. The van der Waals surface area contributed by atoms with E-state index < -0.39 is 23.8 Å². The number of aromatic nitrogens is 2. The fourth-order valence-corrected chi connectivity index (χ4v) is 9.13. The summed E-state index contributed by atoms with van der Waals surface area (Å²) in [7, 11) is 7.58. The molecule has 1 aromatic heterocycles. The quantitative estimate of drug-likeness (QED) is 0.140. The highest BCUT2D eigenvalue weighted by atomic mass is 19.4. The first-order valence-corrected chi connectivity index (χ1v) is 20.6. The molecule has 2 amide bonds. The number of rotatable bonds is 11. The number of amides is 2. The van der Waals surface area contributed by atoms with Gasteiger partial charge in [0.15, 0.2) is 0 Å². The second-order valence-electron chi connectivity index (χ2n) is 16.4. The van der Waals surface area contributed by atoms with Gasteiger partial charge in [-0.1, -0.05) is 97.1 Å². The number of hydrogen-bond acceptors (Lipinski definition) is 7. The molecule has 10 nitrogen and oxygen atoms in total. The predicted octanol–water partition coefficient (Wildman–Crippen LogP) is 8.07. The van der Waals surface area contributed by atoms with Gasteiger partial charge in [-0.05, 0) is 87.8 Å². The number of benzene rings is 4. The number of H-pyrrole nitrogens is 1. The Labute approximate surface area is 349 Å². The molecule has 5 atom stereocenters. The first kappa shape index (κ1) is 41.0. The zero-order valence-corrected chi connectivity index (χ0v) is 34.4. The van der Waals surface area contributed by atoms with Crippen molar-refractivity contribution in [3.63, 3.8) is 0 Å². The lowest BCUT2D eigenvalue weighted by Gasteiger charge is -2.32. The molecular formula is C47H51F3N8O2. The zero-order valence-electron chi connectivity index (χ0n) is 34.4. The Kier molecular flexibility index (Phi) is 11.6. The number of amidine groups is 1. The molecule has 0 spiro atoms. The number of imidazole rings is 1. The minimum absolute atomic E-state index is 0.0373. The SMILES string of the molecule is CN(C)[C@@H](C(=O)N1CCC[C@H]1C1=NCC(c2ccc(-c3ccc(-c4cnc([C@@H]5CCCN5C(=O)[C@@H](c5ccccc5)N(C)C)[nH]4)cc3C(F)(F)F)cc2)N1)c1ccccc1. The van der Waals surface area contributed by atoms with E-state index in [-0.39, 0.29) is 35.5 Å². The molecule has 8 rings (SSSR count). The molecule has 2 N–H and O–H groups in total. The standard InChI is InChI=1S/C47H51F3N8O2/c1-55(2)41(32-13-7-5-8-14-32)45(59)57-25-11-17-39(57)43-51-28-37(53-43)31-21-19-30(20-22-31)35-24-23-34(27-36(35)47(48,49)50)38-29-52-44(54-38)40-18-12-26-58(40)46(60)42(56(3)4)33-15-9-6-10-16-33/h5-10,13-16,19-24,27,29,37,39-42H,11-12,17-18,25-26,28H2,1-4H3,(H,51,53)(H,52,54)/t37?,39-,40-,41+,42+/m0/s1. The summed E-state index contributed by atoms with van der Waals surface area (Å²) >= 11 is 0. The number of hydrogen-bond donors (Lipinski definition) is 2. The molecule has 0 radical (unpaired) electrons. The molecule has 13 heteroatoms. The molecule has 3 aliphatic rings. The smallest absolute Gasteiger partial charge is 0.363 e. The highest BCUT2D eigenvalue weighted by molar-refractivity contribution is 5.95. The van der Waals surface area contributed by atoms with E-state index in [0.29, 0.717) is 48.7 Å². The molecule has 4 heterocycles. The maximum Gasteiger partial charge on any atom is 0.417 e. The topological polar surface area (TPSA) is 100 Å². The van der Waals surface area contributed by atoms with Crippen LogP contribution in [0.3, 0.4) is 0 Å². The van der Waals surface area contributed by atoms with E-state index in [1.807, 2.05) is 121 Å². The minimum atomic E-state index is -4.62. The number of halogens is 3. The number of likely N-dealkylation sites (tertiary alicyclic amines) is 2. The van der Waals surface area contributed by atoms with Crippen LogP contribution in [0.4, 0.5) is 13.2 Å². The monoisotopic (exact) mass is 816 g/mol. The van der Waals surface area contributed by atoms with Gasteiger partial charge in [-0.2, -0.15) is 13.2 Å². The van der Waals surface area contributed by atoms with E-state index in [2.05, 4.69) is 15.3 Å². The van der Waals surface area contributed by atoms with Crippen LogP contribution in [0.2, 0.25) is 0 Å². The normalized spacial score (nSPS) is 20.4. The molecule has 60 heavy (non-hydrogen) atoms. The van der Waals surface area contributed by atoms with Crippen LogP contribution in [0.25, 0.3) is 22.4 Å². The molecule has 0 bridgehead atoms. The Balaban J connectivity index is 0.965. The van der Waals surface area contributed by atoms with E-state index in [9.17, 15) is 22.8 Å². The van der Waals surface area contributed by atoms with Gasteiger partial charge in [0, 0.05) is 18.7 Å². The summed E-state index contributed by atoms with van der Waals surface area (Å²) in [5.41, 5.74) is 3.31. The average molecular weight is 817 g/mol. The van der Waals surface area contributed by atoms with Crippen molar-refractivity contribution in [3.05, 3.63) is 137 Å². The van der Waals surface area contributed by atoms with Crippen LogP contribution in [0, 0.1) is 0 Å². The second kappa shape index (κ2) is 17.1. The fourth-order valence-electron chi connectivity index (χ4n) is 9.13. The molecule has 5 aromatic rings. The van der Waals surface area contributed by atoms with Crippen LogP contribution in [0.15, 0.2) is 114 Å². The lowest BCUT2D eigenvalue weighted by Crippen LogP contribution is -2.48. The first-order valence-electron chi connectivity index (χ1n) is 20.6. The second-order valence-corrected chi connectivity index (χ2v) is 16.4. The maximum absolute atomic E-state index is 14.8. The third kappa shape index (κ3) is 8.20. The fraction of sp³-hybridized carbons (Fsp3) is 0.362. The summed E-state index contributed by atoms with van der Waals surface area (Å²) in [6.45, 7) is 1.68. The minimum Gasteiger partial charge on any atom is -0.363 e. The average Bonchev–Trinajstić information content (AvgIpc) is 4.08. The van der Waals surface area contributed by atoms with Crippen molar-refractivity contribution in [2.75, 3.05) is 47.8 Å². The number of carbonyl (C=O) groups is 2. The maximum atomic E-state index is 14.8. The van der Waals surface area contributed by atoms with Crippen LogP contribution in [-0.2, 0) is 15.8 Å². The van der Waals surface area contributed by atoms with E-state index in [4.69, 9.17) is 4.99 Å². The van der Waals surface area contributed by atoms with Crippen molar-refractivity contribution in [3.8, 4) is 22.4 Å². The predicted molar refractivity (Wildman–Crippen MR) is 227 cm³/mol. The van der Waals surface area contributed by atoms with Gasteiger partial charge in [0.05, 0.1) is 42.1 Å². The van der Waals surface area contributed by atoms with E-state index in [0.717, 1.165) is 41.8 Å². The Hall–Kier alpha value is -5.79. The Morgan fingerprint density at radius 2 is 1.28 bits per heavy atom. The van der Waals surface area contributed by atoms with Gasteiger partial charge in [0.2, 0.25) is 11.8 Å². The molecule has 0 aliphatic carbocycles. The molecule has 2 saturated heterocycles. The van der Waals surface area contributed by atoms with Crippen molar-refractivity contribution in [1.82, 2.24) is 34.9 Å². The number of alkyl halides is 3. The number of likely N-dealkylation sites (N-methyl/N-ethyl adjacent to an activating group) is 2. The number of carbonyl (C=O) groups excluding carboxylic acids is 2. The Bertz CT molecular complexity index is 2330. The Morgan fingerprint density at radius 1 is 0.733 bits per heavy atom. The molecule has 312 valence electrons. The van der Waals surface area contributed by atoms with Gasteiger partial charge >= 0.3 is 6.18 Å². The van der Waals surface area contributed by atoms with Gasteiger partial charge in [-0.25, -0.2) is 4.98 Å². The number of nitrogens with zero attached hydrogens (tertiary/aromatic N) is 6. The molecule has 1 unspecified atom stereocenters. The van der Waals surface area contributed by atoms with Crippen LogP contribution in [0.1, 0.15) is 77.9 Å². The van der Waals surface area contributed by atoms with Crippen LogP contribution < -0.4 is 5.32 Å². The summed E-state index contributed by atoms with van der Waals surface area (Å²) in [5, 5.41) is 3.54. The summed E-state index contributed by atoms with van der Waals surface area (Å²) in [6.07, 6.45) is 0.109. The van der Waals surface area contributed by atoms with Crippen LogP contribution in [0.5, 0.6) is 0 Å². The summed E-state index contributed by atoms with van der Waals surface area (Å²) < 4.78 is 44.3. The summed E-state index contributed by atoms with van der Waals surface area (Å²) in [4.78, 5) is 48.2. The van der Waals surface area contributed by atoms with Crippen molar-refractivity contribution in [1.29, 1.82) is 0 Å². The highest BCUT2D eigenvalue weighted by Crippen LogP contribution is 2.41. The first-order chi connectivity index (χ1) is 28.9. The number of aromatic amines is 1. The zero-order chi connectivity index (χ0) is 42.1. The molecular weight excluding hydrogens is 766 g/mol. The van der Waals surface area contributed by atoms with Crippen LogP contribution >= 0.6 is 0 Å². The lowest BCUT2D eigenvalue weighted by molar-refractivity contribution is -0.138. The summed E-state index contributed by atoms with van der Waals surface area (Å²) in [6, 6.07) is 29.4. The van der Waals surface area contributed by atoms with Crippen molar-refractivity contribution in [2.45, 2.75) is 62.1 Å². The lowest BCUT2D eigenvalue weighted by atomic mass is 9.94. The molecule has 2 fully saturated rings. The van der Waals surface area contributed by atoms with Gasteiger partial charge in [0.25, 0.3) is 0 Å². The van der Waals surface area contributed by atoms with Gasteiger partial charge < -0.3 is 20.1 Å². The van der Waals surface area contributed by atoms with E-state index >= 15 is 0 Å². The summed E-state index contributed by atoms with van der Waals surface area (Å²) in [5.74, 6) is 1.33. The van der Waals surface area contributed by atoms with Crippen molar-refractivity contribution in [2.24, 2.45) is 4.99 Å². The molecule has 3 aliphatic heterocycles. The largest absolute Gasteiger partial charge is 0.417 e. The van der Waals surface area contributed by atoms with Crippen molar-refractivity contribution < 1.29 is 22.8 Å². The van der Waals surface area contributed by atoms with Gasteiger partial charge in [-0.3, -0.25) is 24.4 Å². The molecule has 4 aromatic carbocycles. The van der Waals surface area contributed by atoms with Crippen LogP contribution in [-0.4, -0.2) is 101 Å². The number of aliphatic imine (C=N–C) groups is 1. The van der Waals surface area contributed by atoms with Gasteiger partial charge in [-0.15, -0.1) is 0 Å². The van der Waals surface area contributed by atoms with E-state index in [1.165, 1.54) is 12.1 Å². The number of nitrogens with one attached hydrogen (secondary N) is 2. The van der Waals surface area contributed by atoms with E-state index in [1.54, 1.807) is 24.4 Å². The van der Waals surface area contributed by atoms with Gasteiger partial charge in [0.1, 0.15) is 23.7 Å². The highest BCUT2D eigenvalue weighted by Gasteiger charge is 2.40. The van der Waals surface area contributed by atoms with Crippen molar-refractivity contribution >= 4 is 17.6 Å². The third-order valence-electron chi connectivity index (χ3n) is 12.1.